The quantitative estimate of drug-likeness (QED) is 0.321. The van der Waals surface area contributed by atoms with Gasteiger partial charge in [-0.2, -0.15) is 0 Å². The monoisotopic (exact) mass is 573 g/mol. The zero-order valence-electron chi connectivity index (χ0n) is 24.6. The Morgan fingerprint density at radius 3 is 2.34 bits per heavy atom. The van der Waals surface area contributed by atoms with Gasteiger partial charge in [0.05, 0.1) is 11.6 Å². The number of Topliss-reactive ketones (excluding diaryl/α,β-unsaturated/α-hetero) is 2. The van der Waals surface area contributed by atoms with Crippen molar-refractivity contribution in [3.05, 3.63) is 45.5 Å². The maximum Gasteiger partial charge on any atom is 0.255 e. The number of primary amides is 1. The maximum absolute atomic E-state index is 16.1. The van der Waals surface area contributed by atoms with E-state index in [-0.39, 0.29) is 53.1 Å². The van der Waals surface area contributed by atoms with Gasteiger partial charge < -0.3 is 26.2 Å². The molecule has 224 valence electrons. The summed E-state index contributed by atoms with van der Waals surface area (Å²) in [4.78, 5) is 42.7. The van der Waals surface area contributed by atoms with Crippen molar-refractivity contribution in [2.75, 3.05) is 20.6 Å². The molecule has 3 aliphatic carbocycles. The summed E-state index contributed by atoms with van der Waals surface area (Å²) in [7, 11) is 3.05. The fraction of sp³-hybridized carbons (Fsp3) is 0.567. The molecule has 0 aromatic heterocycles. The number of hydrogen-bond acceptors (Lipinski definition) is 9. The van der Waals surface area contributed by atoms with Crippen molar-refractivity contribution in [3.8, 4) is 5.75 Å². The second kappa shape index (κ2) is 10.2. The third-order valence-corrected chi connectivity index (χ3v) is 9.31. The van der Waals surface area contributed by atoms with Crippen molar-refractivity contribution < 1.29 is 39.2 Å². The highest BCUT2D eigenvalue weighted by Gasteiger charge is 2.64. The predicted octanol–water partition coefficient (Wildman–Crippen LogP) is 2.36. The van der Waals surface area contributed by atoms with Crippen molar-refractivity contribution in [1.29, 1.82) is 0 Å². The molecule has 0 spiro atoms. The fourth-order valence-electron chi connectivity index (χ4n) is 6.75. The number of aromatic hydroxyl groups is 1. The fourth-order valence-corrected chi connectivity index (χ4v) is 6.75. The first-order valence-corrected chi connectivity index (χ1v) is 13.8. The minimum absolute atomic E-state index is 0.0325. The molecule has 1 amide bonds. The summed E-state index contributed by atoms with van der Waals surface area (Å²) in [6, 6.07) is 0.114. The van der Waals surface area contributed by atoms with Crippen LogP contribution in [0.5, 0.6) is 5.75 Å². The van der Waals surface area contributed by atoms with Crippen LogP contribution in [0, 0.1) is 23.1 Å². The van der Waals surface area contributed by atoms with E-state index < -0.39 is 69.6 Å². The van der Waals surface area contributed by atoms with Gasteiger partial charge in [-0.25, -0.2) is 4.39 Å². The van der Waals surface area contributed by atoms with E-state index in [1.54, 1.807) is 0 Å². The first kappa shape index (κ1) is 30.7. The summed E-state index contributed by atoms with van der Waals surface area (Å²) in [5.74, 6) is -8.23. The molecule has 10 nitrogen and oxygen atoms in total. The highest BCUT2D eigenvalue weighted by Crippen LogP contribution is 2.53. The number of nitrogens with two attached hydrogens (primary N) is 1. The average molecular weight is 574 g/mol. The number of phenols is 1. The van der Waals surface area contributed by atoms with Gasteiger partial charge in [-0.05, 0) is 57.8 Å². The molecule has 4 rings (SSSR count). The number of benzene rings is 1. The van der Waals surface area contributed by atoms with Crippen molar-refractivity contribution in [3.63, 3.8) is 0 Å². The Balaban J connectivity index is 1.87. The summed E-state index contributed by atoms with van der Waals surface area (Å²) in [5, 5.41) is 44.8. The molecule has 1 fully saturated rings. The molecule has 0 radical (unpaired) electrons. The molecular formula is C30H40FN3O7. The minimum Gasteiger partial charge on any atom is -0.508 e. The van der Waals surface area contributed by atoms with Crippen LogP contribution in [0.15, 0.2) is 23.0 Å². The van der Waals surface area contributed by atoms with Crippen molar-refractivity contribution >= 4 is 23.2 Å². The summed E-state index contributed by atoms with van der Waals surface area (Å²) >= 11 is 0. The number of phenolic OH excluding ortho intramolecular Hbond substituents is 1. The van der Waals surface area contributed by atoms with Crippen LogP contribution in [0.2, 0.25) is 0 Å². The number of carbonyl (C=O) groups excluding carboxylic acids is 3. The number of carbonyl (C=O) groups is 3. The summed E-state index contributed by atoms with van der Waals surface area (Å²) < 4.78 is 16.1. The van der Waals surface area contributed by atoms with E-state index in [0.717, 1.165) is 0 Å². The number of likely N-dealkylation sites (N-methyl/N-ethyl adjacent to an activating group) is 1. The van der Waals surface area contributed by atoms with Crippen LogP contribution >= 0.6 is 0 Å². The zero-order chi connectivity index (χ0) is 30.9. The molecule has 0 bridgehead atoms. The first-order chi connectivity index (χ1) is 18.9. The Kier molecular flexibility index (Phi) is 7.64. The number of nitrogens with zero attached hydrogens (tertiary/aromatic N) is 2. The largest absolute Gasteiger partial charge is 0.508 e. The van der Waals surface area contributed by atoms with Crippen LogP contribution in [-0.2, 0) is 27.3 Å². The molecule has 11 heteroatoms. The predicted molar refractivity (Wildman–Crippen MR) is 149 cm³/mol. The summed E-state index contributed by atoms with van der Waals surface area (Å²) in [6.07, 6.45) is -0.193. The van der Waals surface area contributed by atoms with Gasteiger partial charge in [0.15, 0.2) is 11.4 Å². The van der Waals surface area contributed by atoms with E-state index in [2.05, 4.69) is 32.6 Å². The van der Waals surface area contributed by atoms with Crippen molar-refractivity contribution in [2.24, 2.45) is 23.0 Å². The van der Waals surface area contributed by atoms with Crippen LogP contribution in [0.4, 0.5) is 4.39 Å². The number of halogens is 1. The topological polar surface area (TPSA) is 165 Å². The molecule has 0 saturated heterocycles. The van der Waals surface area contributed by atoms with E-state index in [1.807, 2.05) is 6.92 Å². The van der Waals surface area contributed by atoms with Gasteiger partial charge in [-0.3, -0.25) is 24.2 Å². The van der Waals surface area contributed by atoms with Crippen LogP contribution in [0.25, 0.3) is 5.76 Å². The summed E-state index contributed by atoms with van der Waals surface area (Å²) in [5.41, 5.74) is 1.34. The molecule has 0 aliphatic heterocycles. The maximum atomic E-state index is 16.1. The molecule has 3 aliphatic rings. The minimum atomic E-state index is -2.73. The number of amides is 1. The smallest absolute Gasteiger partial charge is 0.255 e. The highest BCUT2D eigenvalue weighted by molar-refractivity contribution is 6.24. The lowest BCUT2D eigenvalue weighted by Gasteiger charge is -2.50. The number of ketones is 2. The van der Waals surface area contributed by atoms with Crippen molar-refractivity contribution in [1.82, 2.24) is 9.80 Å². The Bertz CT molecular complexity index is 1390. The van der Waals surface area contributed by atoms with E-state index in [9.17, 15) is 34.8 Å². The Hall–Kier alpha value is -3.28. The molecule has 6 N–H and O–H groups in total. The van der Waals surface area contributed by atoms with Gasteiger partial charge >= 0.3 is 0 Å². The van der Waals surface area contributed by atoms with Gasteiger partial charge in [0.25, 0.3) is 5.91 Å². The molecule has 1 aromatic rings. The molecule has 0 unspecified atom stereocenters. The number of fused-ring (bicyclic) bond motifs is 3. The lowest BCUT2D eigenvalue weighted by atomic mass is 9.57. The molecule has 41 heavy (non-hydrogen) atoms. The molecular weight excluding hydrogens is 533 g/mol. The third-order valence-electron chi connectivity index (χ3n) is 9.31. The number of rotatable bonds is 6. The zero-order valence-corrected chi connectivity index (χ0v) is 24.6. The number of aliphatic hydroxyl groups is 3. The van der Waals surface area contributed by atoms with Crippen LogP contribution in [0.1, 0.15) is 57.7 Å². The normalized spacial score (nSPS) is 27.2. The van der Waals surface area contributed by atoms with Crippen molar-refractivity contribution in [2.45, 2.75) is 71.7 Å². The van der Waals surface area contributed by atoms with Gasteiger partial charge in [0.2, 0.25) is 5.78 Å². The molecule has 1 saturated carbocycles. The van der Waals surface area contributed by atoms with Crippen LogP contribution < -0.4 is 5.73 Å². The Morgan fingerprint density at radius 1 is 1.22 bits per heavy atom. The van der Waals surface area contributed by atoms with Gasteiger partial charge in [0.1, 0.15) is 28.7 Å². The standard InChI is InChI=1S/C30H40FN3O7/c1-8-34(13(2)29(3,4)5)12-15-11-18(35)20-16(22(15)31)9-14-10-17-23(33(6)7)25(37)21(28(32)40)27(39)30(17,41)26(38)19(14)24(20)36/h11,13-14,17,23,35-36,39,41H,8-10,12H2,1-7H3,(H2,32,40)/t13-,14+,17+,23+,30+/m1/s1. The third kappa shape index (κ3) is 4.54. The van der Waals surface area contributed by atoms with E-state index in [4.69, 9.17) is 5.73 Å². The van der Waals surface area contributed by atoms with Crippen LogP contribution in [-0.4, -0.2) is 86.0 Å². The first-order valence-electron chi connectivity index (χ1n) is 13.8. The van der Waals surface area contributed by atoms with Gasteiger partial charge in [-0.1, -0.05) is 27.7 Å². The lowest BCUT2D eigenvalue weighted by Crippen LogP contribution is -2.65. The number of hydrogen-bond donors (Lipinski definition) is 5. The van der Waals surface area contributed by atoms with E-state index in [1.165, 1.54) is 25.1 Å². The molecule has 5 atom stereocenters. The average Bonchev–Trinajstić information content (AvgIpc) is 2.85. The lowest BCUT2D eigenvalue weighted by molar-refractivity contribution is -0.153. The van der Waals surface area contributed by atoms with Gasteiger partial charge in [-0.15, -0.1) is 0 Å². The van der Waals surface area contributed by atoms with Gasteiger partial charge in [0, 0.05) is 35.2 Å². The van der Waals surface area contributed by atoms with E-state index in [0.29, 0.717) is 6.54 Å². The molecule has 1 aromatic carbocycles. The second-order valence-electron chi connectivity index (χ2n) is 12.8. The van der Waals surface area contributed by atoms with Crippen LogP contribution in [0.3, 0.4) is 0 Å². The Morgan fingerprint density at radius 2 is 1.83 bits per heavy atom. The highest BCUT2D eigenvalue weighted by atomic mass is 19.1. The second-order valence-corrected chi connectivity index (χ2v) is 12.8. The Labute approximate surface area is 238 Å². The summed E-state index contributed by atoms with van der Waals surface area (Å²) in [6.45, 7) is 11.1. The van der Waals surface area contributed by atoms with E-state index >= 15 is 4.39 Å². The number of aliphatic hydroxyl groups excluding tert-OH is 2. The molecule has 0 heterocycles. The SMILES string of the molecule is CCN(Cc1cc(O)c2c(c1F)C[C@H]1C[C@H]3[C@H](N(C)C)C(=O)C(C(N)=O)=C(O)[C@@]3(O)C(=O)C1=C2O)[C@H](C)C(C)(C)C.